The second-order valence-corrected chi connectivity index (χ2v) is 8.55. The summed E-state index contributed by atoms with van der Waals surface area (Å²) >= 11 is 5.97. The maximum Gasteiger partial charge on any atom is 0.261 e. The van der Waals surface area contributed by atoms with Gasteiger partial charge in [0.2, 0.25) is 5.91 Å². The summed E-state index contributed by atoms with van der Waals surface area (Å²) in [7, 11) is 0. The summed E-state index contributed by atoms with van der Waals surface area (Å²) in [6.45, 7) is 9.59. The summed E-state index contributed by atoms with van der Waals surface area (Å²) in [6.07, 6.45) is 0. The first-order valence-electron chi connectivity index (χ1n) is 9.61. The second-order valence-electron chi connectivity index (χ2n) is 8.11. The molecule has 0 fully saturated rings. The number of hydrogen-bond acceptors (Lipinski definition) is 3. The predicted molar refractivity (Wildman–Crippen MR) is 116 cm³/mol. The Morgan fingerprint density at radius 3 is 2.45 bits per heavy atom. The number of rotatable bonds is 7. The van der Waals surface area contributed by atoms with E-state index in [4.69, 9.17) is 16.3 Å². The van der Waals surface area contributed by atoms with Crippen LogP contribution in [0.1, 0.15) is 38.8 Å². The van der Waals surface area contributed by atoms with Crippen LogP contribution in [0.4, 0.5) is 0 Å². The lowest BCUT2D eigenvalue weighted by molar-refractivity contribution is -0.142. The molecule has 0 aliphatic heterocycles. The highest BCUT2D eigenvalue weighted by Crippen LogP contribution is 2.18. The number of hydrogen-bond donors (Lipinski definition) is 1. The first kappa shape index (κ1) is 22.8. The summed E-state index contributed by atoms with van der Waals surface area (Å²) in [5, 5.41) is 3.48. The molecule has 0 aromatic heterocycles. The molecular weight excluding hydrogens is 388 g/mol. The van der Waals surface area contributed by atoms with Crippen molar-refractivity contribution in [2.24, 2.45) is 0 Å². The third-order valence-electron chi connectivity index (χ3n) is 4.43. The minimum atomic E-state index is -0.649. The van der Waals surface area contributed by atoms with Crippen LogP contribution in [0.25, 0.3) is 0 Å². The molecule has 0 aliphatic rings. The number of halogens is 1. The van der Waals surface area contributed by atoms with Crippen LogP contribution in [0.3, 0.4) is 0 Å². The van der Waals surface area contributed by atoms with Gasteiger partial charge in [-0.05, 0) is 63.9 Å². The van der Waals surface area contributed by atoms with Gasteiger partial charge in [0.15, 0.2) is 6.61 Å². The summed E-state index contributed by atoms with van der Waals surface area (Å²) < 4.78 is 5.62. The van der Waals surface area contributed by atoms with Gasteiger partial charge in [-0.3, -0.25) is 9.59 Å². The van der Waals surface area contributed by atoms with Crippen LogP contribution in [0.5, 0.6) is 5.75 Å². The Balaban J connectivity index is 2.19. The molecular formula is C23H29ClN2O3. The Bertz CT molecular complexity index is 861. The van der Waals surface area contributed by atoms with Crippen molar-refractivity contribution in [3.63, 3.8) is 0 Å². The Kier molecular flexibility index (Phi) is 7.68. The van der Waals surface area contributed by atoms with Crippen LogP contribution in [-0.2, 0) is 16.1 Å². The van der Waals surface area contributed by atoms with E-state index in [0.717, 1.165) is 11.1 Å². The molecule has 2 aromatic rings. The summed E-state index contributed by atoms with van der Waals surface area (Å²) in [5.74, 6) is 0.0282. The van der Waals surface area contributed by atoms with Crippen molar-refractivity contribution in [1.29, 1.82) is 0 Å². The molecule has 0 spiro atoms. The zero-order chi connectivity index (χ0) is 21.6. The molecule has 0 bridgehead atoms. The van der Waals surface area contributed by atoms with E-state index >= 15 is 0 Å². The molecule has 2 amide bonds. The van der Waals surface area contributed by atoms with Gasteiger partial charge in [0, 0.05) is 17.1 Å². The number of nitrogens with one attached hydrogen (secondary N) is 1. The number of aryl methyl sites for hydroxylation is 1. The Hall–Kier alpha value is -2.53. The Labute approximate surface area is 178 Å². The lowest BCUT2D eigenvalue weighted by Crippen LogP contribution is -2.53. The highest BCUT2D eigenvalue weighted by molar-refractivity contribution is 6.30. The Morgan fingerprint density at radius 1 is 1.14 bits per heavy atom. The molecule has 0 radical (unpaired) electrons. The lowest BCUT2D eigenvalue weighted by atomic mass is 10.1. The molecule has 6 heteroatoms. The molecule has 0 saturated heterocycles. The van der Waals surface area contributed by atoms with Crippen LogP contribution >= 0.6 is 11.6 Å². The van der Waals surface area contributed by atoms with Crippen molar-refractivity contribution in [1.82, 2.24) is 10.2 Å². The van der Waals surface area contributed by atoms with Crippen LogP contribution in [-0.4, -0.2) is 34.9 Å². The van der Waals surface area contributed by atoms with Crippen molar-refractivity contribution in [3.05, 3.63) is 64.7 Å². The smallest absolute Gasteiger partial charge is 0.261 e. The fourth-order valence-corrected chi connectivity index (χ4v) is 2.99. The molecule has 5 nitrogen and oxygen atoms in total. The molecule has 156 valence electrons. The van der Waals surface area contributed by atoms with Gasteiger partial charge >= 0.3 is 0 Å². The van der Waals surface area contributed by atoms with Gasteiger partial charge in [-0.2, -0.15) is 0 Å². The molecule has 1 atom stereocenters. The summed E-state index contributed by atoms with van der Waals surface area (Å²) in [4.78, 5) is 27.3. The van der Waals surface area contributed by atoms with E-state index in [1.807, 2.05) is 52.0 Å². The minimum absolute atomic E-state index is 0.181. The van der Waals surface area contributed by atoms with Crippen LogP contribution in [0.15, 0.2) is 48.5 Å². The van der Waals surface area contributed by atoms with Crippen molar-refractivity contribution < 1.29 is 14.3 Å². The zero-order valence-corrected chi connectivity index (χ0v) is 18.4. The number of carbonyl (C=O) groups excluding carboxylic acids is 2. The third kappa shape index (κ3) is 7.09. The van der Waals surface area contributed by atoms with Gasteiger partial charge in [0.05, 0.1) is 0 Å². The van der Waals surface area contributed by atoms with E-state index in [0.29, 0.717) is 17.3 Å². The quantitative estimate of drug-likeness (QED) is 0.729. The molecule has 1 unspecified atom stereocenters. The van der Waals surface area contributed by atoms with E-state index in [2.05, 4.69) is 5.32 Å². The monoisotopic (exact) mass is 416 g/mol. The highest BCUT2D eigenvalue weighted by Gasteiger charge is 2.29. The molecule has 2 rings (SSSR count). The molecule has 1 N–H and O–H groups in total. The van der Waals surface area contributed by atoms with Crippen molar-refractivity contribution in [2.75, 3.05) is 6.61 Å². The van der Waals surface area contributed by atoms with Gasteiger partial charge in [-0.1, -0.05) is 41.9 Å². The first-order valence-corrected chi connectivity index (χ1v) is 9.99. The minimum Gasteiger partial charge on any atom is -0.484 e. The van der Waals surface area contributed by atoms with E-state index in [-0.39, 0.29) is 24.0 Å². The summed E-state index contributed by atoms with van der Waals surface area (Å²) in [6, 6.07) is 14.0. The average molecular weight is 417 g/mol. The maximum absolute atomic E-state index is 13.0. The fraction of sp³-hybridized carbons (Fsp3) is 0.391. The van der Waals surface area contributed by atoms with E-state index < -0.39 is 6.04 Å². The number of amides is 2. The van der Waals surface area contributed by atoms with Gasteiger partial charge < -0.3 is 15.0 Å². The second kappa shape index (κ2) is 9.79. The predicted octanol–water partition coefficient (Wildman–Crippen LogP) is 4.36. The topological polar surface area (TPSA) is 58.6 Å². The van der Waals surface area contributed by atoms with E-state index in [1.54, 1.807) is 36.1 Å². The number of ether oxygens (including phenoxy) is 1. The largest absolute Gasteiger partial charge is 0.484 e. The molecule has 29 heavy (non-hydrogen) atoms. The number of nitrogens with zero attached hydrogens (tertiary/aromatic N) is 1. The average Bonchev–Trinajstić information content (AvgIpc) is 2.63. The van der Waals surface area contributed by atoms with Gasteiger partial charge in [0.25, 0.3) is 5.91 Å². The molecule has 0 saturated carbocycles. The molecule has 0 heterocycles. The first-order chi connectivity index (χ1) is 13.6. The standard InChI is InChI=1S/C23H29ClN2O3/c1-16-9-6-7-10-18(16)14-26(17(2)22(28)25-23(3,4)5)21(27)15-29-20-12-8-11-19(24)13-20/h6-13,17H,14-15H2,1-5H3,(H,25,28). The van der Waals surface area contributed by atoms with E-state index in [9.17, 15) is 9.59 Å². The van der Waals surface area contributed by atoms with Gasteiger partial charge in [0.1, 0.15) is 11.8 Å². The van der Waals surface area contributed by atoms with Gasteiger partial charge in [-0.25, -0.2) is 0 Å². The third-order valence-corrected chi connectivity index (χ3v) is 4.66. The van der Waals surface area contributed by atoms with Crippen molar-refractivity contribution in [2.45, 2.75) is 52.7 Å². The van der Waals surface area contributed by atoms with Crippen molar-refractivity contribution in [3.8, 4) is 5.75 Å². The van der Waals surface area contributed by atoms with Crippen LogP contribution < -0.4 is 10.1 Å². The highest BCUT2D eigenvalue weighted by atomic mass is 35.5. The van der Waals surface area contributed by atoms with Gasteiger partial charge in [-0.15, -0.1) is 0 Å². The number of benzene rings is 2. The summed E-state index contributed by atoms with van der Waals surface area (Å²) in [5.41, 5.74) is 1.66. The van der Waals surface area contributed by atoms with E-state index in [1.165, 1.54) is 0 Å². The lowest BCUT2D eigenvalue weighted by Gasteiger charge is -2.31. The molecule has 0 aliphatic carbocycles. The SMILES string of the molecule is Cc1ccccc1CN(C(=O)COc1cccc(Cl)c1)C(C)C(=O)NC(C)(C)C. The maximum atomic E-state index is 13.0. The molecule has 2 aromatic carbocycles. The number of carbonyl (C=O) groups is 2. The fourth-order valence-electron chi connectivity index (χ4n) is 2.81. The Morgan fingerprint density at radius 2 is 1.83 bits per heavy atom. The zero-order valence-electron chi connectivity index (χ0n) is 17.7. The van der Waals surface area contributed by atoms with Crippen LogP contribution in [0.2, 0.25) is 5.02 Å². The van der Waals surface area contributed by atoms with Crippen molar-refractivity contribution >= 4 is 23.4 Å². The van der Waals surface area contributed by atoms with Crippen LogP contribution in [0, 0.1) is 6.92 Å². The normalized spacial score (nSPS) is 12.2.